The molecule has 0 spiro atoms. The molecule has 1 saturated heterocycles. The topological polar surface area (TPSA) is 85.4 Å². The number of hydrogen-bond acceptors (Lipinski definition) is 5. The van der Waals surface area contributed by atoms with Crippen molar-refractivity contribution in [2.75, 3.05) is 13.2 Å². The number of hydrogen-bond donors (Lipinski definition) is 1. The number of carbonyl (C=O) groups excluding carboxylic acids is 1. The van der Waals surface area contributed by atoms with E-state index in [1.165, 1.54) is 24.5 Å². The van der Waals surface area contributed by atoms with Gasteiger partial charge in [-0.2, -0.15) is 0 Å². The smallest absolute Gasteiger partial charge is 0.265 e. The first-order valence-electron chi connectivity index (χ1n) is 6.61. The first-order valence-corrected chi connectivity index (χ1v) is 8.09. The van der Waals surface area contributed by atoms with Gasteiger partial charge in [-0.15, -0.1) is 0 Å². The van der Waals surface area contributed by atoms with Gasteiger partial charge in [0, 0.05) is 32.0 Å². The van der Waals surface area contributed by atoms with Crippen molar-refractivity contribution in [3.63, 3.8) is 0 Å². The average Bonchev–Trinajstić information content (AvgIpc) is 2.47. The summed E-state index contributed by atoms with van der Waals surface area (Å²) in [7, 11) is -3.80. The Balaban J connectivity index is 1.84. The van der Waals surface area contributed by atoms with Gasteiger partial charge in [0.25, 0.3) is 10.0 Å². The number of amides is 1. The lowest BCUT2D eigenvalue weighted by Gasteiger charge is -2.21. The highest BCUT2D eigenvalue weighted by atomic mass is 32.2. The fraction of sp³-hybridized carbons (Fsp3) is 0.538. The van der Waals surface area contributed by atoms with Crippen molar-refractivity contribution < 1.29 is 17.9 Å². The van der Waals surface area contributed by atoms with E-state index >= 15 is 0 Å². The number of ether oxygens (including phenoxy) is 1. The summed E-state index contributed by atoms with van der Waals surface area (Å²) in [5, 5.41) is 0. The van der Waals surface area contributed by atoms with Crippen LogP contribution >= 0.6 is 0 Å². The van der Waals surface area contributed by atoms with E-state index in [9.17, 15) is 13.2 Å². The summed E-state index contributed by atoms with van der Waals surface area (Å²) in [6.07, 6.45) is 5.47. The Labute approximate surface area is 118 Å². The second-order valence-electron chi connectivity index (χ2n) is 4.81. The minimum atomic E-state index is -3.80. The Morgan fingerprint density at radius 2 is 2.15 bits per heavy atom. The van der Waals surface area contributed by atoms with Crippen LogP contribution in [0.25, 0.3) is 0 Å². The Kier molecular flexibility index (Phi) is 5.08. The van der Waals surface area contributed by atoms with Gasteiger partial charge in [-0.25, -0.2) is 13.1 Å². The maximum atomic E-state index is 11.9. The summed E-state index contributed by atoms with van der Waals surface area (Å²) in [6, 6.07) is 2.92. The summed E-state index contributed by atoms with van der Waals surface area (Å²) in [5.41, 5.74) is 0. The first-order chi connectivity index (χ1) is 9.58. The molecule has 0 aliphatic carbocycles. The molecule has 0 unspecified atom stereocenters. The number of carbonyl (C=O) groups is 1. The minimum absolute atomic E-state index is 0.000540. The van der Waals surface area contributed by atoms with Crippen molar-refractivity contribution in [1.29, 1.82) is 0 Å². The van der Waals surface area contributed by atoms with Crippen LogP contribution in [0.4, 0.5) is 0 Å². The van der Waals surface area contributed by atoms with Crippen LogP contribution in [0.2, 0.25) is 0 Å². The average molecular weight is 298 g/mol. The van der Waals surface area contributed by atoms with Crippen molar-refractivity contribution in [2.24, 2.45) is 5.92 Å². The van der Waals surface area contributed by atoms with Gasteiger partial charge in [0.15, 0.2) is 0 Å². The lowest BCUT2D eigenvalue weighted by molar-refractivity contribution is -0.119. The predicted molar refractivity (Wildman–Crippen MR) is 72.3 cm³/mol. The van der Waals surface area contributed by atoms with Crippen LogP contribution in [0.3, 0.4) is 0 Å². The van der Waals surface area contributed by atoms with E-state index in [1.54, 1.807) is 0 Å². The van der Waals surface area contributed by atoms with Crippen molar-refractivity contribution in [2.45, 2.75) is 30.6 Å². The number of aromatic nitrogens is 1. The molecular weight excluding hydrogens is 280 g/mol. The molecule has 2 heterocycles. The number of pyridine rings is 1. The summed E-state index contributed by atoms with van der Waals surface area (Å²) >= 11 is 0. The molecule has 7 heteroatoms. The van der Waals surface area contributed by atoms with Gasteiger partial charge < -0.3 is 4.74 Å². The van der Waals surface area contributed by atoms with Crippen LogP contribution in [0.5, 0.6) is 0 Å². The number of rotatable bonds is 5. The van der Waals surface area contributed by atoms with E-state index in [2.05, 4.69) is 9.71 Å². The largest absolute Gasteiger partial charge is 0.381 e. The van der Waals surface area contributed by atoms with Gasteiger partial charge in [-0.05, 0) is 37.3 Å². The number of nitrogens with one attached hydrogen (secondary N) is 1. The fourth-order valence-electron chi connectivity index (χ4n) is 2.14. The third kappa shape index (κ3) is 4.28. The van der Waals surface area contributed by atoms with Gasteiger partial charge in [0.05, 0.1) is 0 Å². The Hall–Kier alpha value is -1.47. The minimum Gasteiger partial charge on any atom is -0.381 e. The van der Waals surface area contributed by atoms with Gasteiger partial charge in [-0.3, -0.25) is 9.78 Å². The van der Waals surface area contributed by atoms with Crippen LogP contribution < -0.4 is 4.72 Å². The van der Waals surface area contributed by atoms with Crippen LogP contribution in [0.1, 0.15) is 25.7 Å². The maximum absolute atomic E-state index is 11.9. The molecule has 0 bridgehead atoms. The molecule has 110 valence electrons. The highest BCUT2D eigenvalue weighted by Gasteiger charge is 2.19. The molecule has 2 rings (SSSR count). The first kappa shape index (κ1) is 14.9. The standard InChI is InChI=1S/C13H18N2O4S/c16-13(4-3-11-5-8-19-9-6-11)15-20(17,18)12-2-1-7-14-10-12/h1-2,7,10-11H,3-6,8-9H2,(H,15,16). The van der Waals surface area contributed by atoms with Crippen LogP contribution in [-0.2, 0) is 19.6 Å². The molecule has 0 saturated carbocycles. The molecule has 1 aliphatic heterocycles. The molecular formula is C13H18N2O4S. The van der Waals surface area contributed by atoms with E-state index < -0.39 is 15.9 Å². The van der Waals surface area contributed by atoms with Gasteiger partial charge in [-0.1, -0.05) is 0 Å². The summed E-state index contributed by atoms with van der Waals surface area (Å²) in [5.74, 6) is -0.0315. The molecule has 0 atom stereocenters. The number of nitrogens with zero attached hydrogens (tertiary/aromatic N) is 1. The molecule has 1 aromatic rings. The lowest BCUT2D eigenvalue weighted by Crippen LogP contribution is -2.31. The van der Waals surface area contributed by atoms with Gasteiger partial charge in [0.1, 0.15) is 4.90 Å². The zero-order valence-electron chi connectivity index (χ0n) is 11.1. The van der Waals surface area contributed by atoms with E-state index in [1.807, 2.05) is 0 Å². The molecule has 20 heavy (non-hydrogen) atoms. The normalized spacial score (nSPS) is 16.8. The second-order valence-corrected chi connectivity index (χ2v) is 6.49. The third-order valence-corrected chi connectivity index (χ3v) is 4.67. The Morgan fingerprint density at radius 3 is 2.80 bits per heavy atom. The Bertz CT molecular complexity index is 539. The maximum Gasteiger partial charge on any atom is 0.265 e. The summed E-state index contributed by atoms with van der Waals surface area (Å²) < 4.78 is 31.1. The number of sulfonamides is 1. The van der Waals surface area contributed by atoms with Crippen LogP contribution in [-0.4, -0.2) is 32.5 Å². The van der Waals surface area contributed by atoms with E-state index in [0.717, 1.165) is 26.1 Å². The molecule has 0 radical (unpaired) electrons. The fourth-order valence-corrected chi connectivity index (χ4v) is 3.11. The molecule has 1 amide bonds. The predicted octanol–water partition coefficient (Wildman–Crippen LogP) is 1.09. The summed E-state index contributed by atoms with van der Waals surface area (Å²) in [4.78, 5) is 15.5. The van der Waals surface area contributed by atoms with E-state index in [-0.39, 0.29) is 11.3 Å². The van der Waals surface area contributed by atoms with Crippen molar-refractivity contribution in [3.8, 4) is 0 Å². The van der Waals surface area contributed by atoms with Crippen LogP contribution in [0, 0.1) is 5.92 Å². The van der Waals surface area contributed by atoms with Gasteiger partial charge in [0.2, 0.25) is 5.91 Å². The molecule has 0 aromatic carbocycles. The Morgan fingerprint density at radius 1 is 1.40 bits per heavy atom. The molecule has 6 nitrogen and oxygen atoms in total. The van der Waals surface area contributed by atoms with Crippen molar-refractivity contribution in [1.82, 2.24) is 9.71 Å². The SMILES string of the molecule is O=C(CCC1CCOCC1)NS(=O)(=O)c1cccnc1. The van der Waals surface area contributed by atoms with Crippen molar-refractivity contribution >= 4 is 15.9 Å². The molecule has 1 N–H and O–H groups in total. The zero-order valence-corrected chi connectivity index (χ0v) is 11.9. The summed E-state index contributed by atoms with van der Waals surface area (Å²) in [6.45, 7) is 1.44. The molecule has 1 fully saturated rings. The van der Waals surface area contributed by atoms with Crippen LogP contribution in [0.15, 0.2) is 29.4 Å². The quantitative estimate of drug-likeness (QED) is 0.879. The van der Waals surface area contributed by atoms with E-state index in [4.69, 9.17) is 4.74 Å². The second kappa shape index (κ2) is 6.81. The zero-order chi connectivity index (χ0) is 14.4. The molecule has 1 aliphatic rings. The highest BCUT2D eigenvalue weighted by Crippen LogP contribution is 2.20. The molecule has 1 aromatic heterocycles. The lowest BCUT2D eigenvalue weighted by atomic mass is 9.95. The monoisotopic (exact) mass is 298 g/mol. The van der Waals surface area contributed by atoms with E-state index in [0.29, 0.717) is 12.3 Å². The third-order valence-electron chi connectivity index (χ3n) is 3.31. The highest BCUT2D eigenvalue weighted by molar-refractivity contribution is 7.90. The van der Waals surface area contributed by atoms with Gasteiger partial charge >= 0.3 is 0 Å². The van der Waals surface area contributed by atoms with Crippen molar-refractivity contribution in [3.05, 3.63) is 24.5 Å².